The molecule has 0 saturated carbocycles. The molecule has 1 aliphatic rings. The van der Waals surface area contributed by atoms with Crippen molar-refractivity contribution in [3.63, 3.8) is 0 Å². The van der Waals surface area contributed by atoms with E-state index in [2.05, 4.69) is 31.9 Å². The summed E-state index contributed by atoms with van der Waals surface area (Å²) in [6.07, 6.45) is 0. The van der Waals surface area contributed by atoms with Gasteiger partial charge in [0.2, 0.25) is 0 Å². The lowest BCUT2D eigenvalue weighted by Crippen LogP contribution is -2.45. The van der Waals surface area contributed by atoms with Crippen molar-refractivity contribution >= 4 is 49.2 Å². The van der Waals surface area contributed by atoms with Gasteiger partial charge in [-0.05, 0) is 29.8 Å². The number of halogens is 3. The molecule has 3 rings (SSSR count). The van der Waals surface area contributed by atoms with E-state index in [1.807, 2.05) is 42.5 Å². The molecule has 2 nitrogen and oxygen atoms in total. The standard InChI is InChI=1S/C16H11Br2ClO2/c17-14(10-5-7-11(19)8-6-10)16(18)9-21-13-4-2-1-3-12(13)15(16)20/h1-8,14H,9H2. The predicted octanol–water partition coefficient (Wildman–Crippen LogP) is 5.19. The number of alkyl halides is 2. The van der Waals surface area contributed by atoms with Crippen molar-refractivity contribution in [2.45, 2.75) is 9.15 Å². The van der Waals surface area contributed by atoms with E-state index in [1.54, 1.807) is 6.07 Å². The summed E-state index contributed by atoms with van der Waals surface area (Å²) in [5, 5.41) is 0.665. The minimum absolute atomic E-state index is 0.0150. The van der Waals surface area contributed by atoms with Crippen molar-refractivity contribution in [1.82, 2.24) is 0 Å². The summed E-state index contributed by atoms with van der Waals surface area (Å²) in [6, 6.07) is 14.7. The highest BCUT2D eigenvalue weighted by molar-refractivity contribution is 9.12. The van der Waals surface area contributed by atoms with Gasteiger partial charge < -0.3 is 4.74 Å². The van der Waals surface area contributed by atoms with Gasteiger partial charge in [0.1, 0.15) is 16.7 Å². The topological polar surface area (TPSA) is 26.3 Å². The fraction of sp³-hybridized carbons (Fsp3) is 0.188. The van der Waals surface area contributed by atoms with E-state index in [0.29, 0.717) is 16.3 Å². The van der Waals surface area contributed by atoms with E-state index in [1.165, 1.54) is 0 Å². The predicted molar refractivity (Wildman–Crippen MR) is 91.0 cm³/mol. The minimum Gasteiger partial charge on any atom is -0.491 e. The number of fused-ring (bicyclic) bond motifs is 1. The largest absolute Gasteiger partial charge is 0.491 e. The highest BCUT2D eigenvalue weighted by atomic mass is 79.9. The Bertz CT molecular complexity index is 687. The monoisotopic (exact) mass is 428 g/mol. The molecule has 2 aromatic carbocycles. The van der Waals surface area contributed by atoms with Gasteiger partial charge in [-0.25, -0.2) is 0 Å². The van der Waals surface area contributed by atoms with E-state index < -0.39 is 4.32 Å². The average Bonchev–Trinajstić information content (AvgIpc) is 2.51. The van der Waals surface area contributed by atoms with Crippen molar-refractivity contribution in [2.24, 2.45) is 0 Å². The van der Waals surface area contributed by atoms with Crippen LogP contribution < -0.4 is 4.74 Å². The Hall–Kier alpha value is -0.840. The molecule has 5 heteroatoms. The maximum atomic E-state index is 12.8. The Morgan fingerprint density at radius 1 is 1.14 bits per heavy atom. The molecular weight excluding hydrogens is 419 g/mol. The van der Waals surface area contributed by atoms with Crippen molar-refractivity contribution < 1.29 is 9.53 Å². The first-order chi connectivity index (χ1) is 10.0. The zero-order chi connectivity index (χ0) is 15.0. The third-order valence-corrected chi connectivity index (χ3v) is 6.73. The van der Waals surface area contributed by atoms with Gasteiger partial charge in [0.25, 0.3) is 0 Å². The number of para-hydroxylation sites is 1. The van der Waals surface area contributed by atoms with E-state index in [-0.39, 0.29) is 17.2 Å². The molecule has 1 aliphatic heterocycles. The molecule has 0 N–H and O–H groups in total. The van der Waals surface area contributed by atoms with Crippen molar-refractivity contribution in [1.29, 1.82) is 0 Å². The first-order valence-electron chi connectivity index (χ1n) is 6.37. The SMILES string of the molecule is O=C1c2ccccc2OCC1(Br)C(Br)c1ccc(Cl)cc1. The van der Waals surface area contributed by atoms with Gasteiger partial charge in [-0.1, -0.05) is 67.7 Å². The quantitative estimate of drug-likeness (QED) is 0.614. The third-order valence-electron chi connectivity index (χ3n) is 3.51. The summed E-state index contributed by atoms with van der Waals surface area (Å²) in [6.45, 7) is 0.265. The van der Waals surface area contributed by atoms with Crippen LogP contribution in [-0.4, -0.2) is 16.7 Å². The Morgan fingerprint density at radius 3 is 2.52 bits per heavy atom. The van der Waals surface area contributed by atoms with Gasteiger partial charge in [0, 0.05) is 5.02 Å². The number of carbonyl (C=O) groups is 1. The Kier molecular flexibility index (Phi) is 4.12. The Morgan fingerprint density at radius 2 is 1.81 bits per heavy atom. The van der Waals surface area contributed by atoms with Crippen LogP contribution >= 0.6 is 43.5 Å². The van der Waals surface area contributed by atoms with Crippen molar-refractivity contribution in [3.8, 4) is 5.75 Å². The molecule has 0 radical (unpaired) electrons. The van der Waals surface area contributed by atoms with Crippen LogP contribution in [-0.2, 0) is 0 Å². The van der Waals surface area contributed by atoms with E-state index >= 15 is 0 Å². The first-order valence-corrected chi connectivity index (χ1v) is 8.46. The molecular formula is C16H11Br2ClO2. The number of Topliss-reactive ketones (excluding diaryl/α,β-unsaturated/α-hetero) is 1. The molecule has 0 spiro atoms. The summed E-state index contributed by atoms with van der Waals surface area (Å²) in [5.74, 6) is 0.648. The summed E-state index contributed by atoms with van der Waals surface area (Å²) < 4.78 is 4.91. The molecule has 0 bridgehead atoms. The number of rotatable bonds is 2. The second-order valence-electron chi connectivity index (χ2n) is 4.89. The number of hydrogen-bond donors (Lipinski definition) is 0. The van der Waals surface area contributed by atoms with Crippen LogP contribution in [0.3, 0.4) is 0 Å². The van der Waals surface area contributed by atoms with Crippen molar-refractivity contribution in [2.75, 3.05) is 6.61 Å². The fourth-order valence-electron chi connectivity index (χ4n) is 2.34. The van der Waals surface area contributed by atoms with Crippen LogP contribution in [0.25, 0.3) is 0 Å². The van der Waals surface area contributed by atoms with Crippen LogP contribution in [0.2, 0.25) is 5.02 Å². The molecule has 1 heterocycles. The van der Waals surface area contributed by atoms with Gasteiger partial charge >= 0.3 is 0 Å². The van der Waals surface area contributed by atoms with Crippen LogP contribution in [0.1, 0.15) is 20.7 Å². The molecule has 0 saturated heterocycles. The van der Waals surface area contributed by atoms with Crippen LogP contribution in [0.15, 0.2) is 48.5 Å². The Balaban J connectivity index is 1.98. The average molecular weight is 431 g/mol. The molecule has 21 heavy (non-hydrogen) atoms. The molecule has 0 aliphatic carbocycles. The summed E-state index contributed by atoms with van der Waals surface area (Å²) in [4.78, 5) is 12.6. The number of hydrogen-bond acceptors (Lipinski definition) is 2. The number of carbonyl (C=O) groups excluding carboxylic acids is 1. The molecule has 0 aromatic heterocycles. The van der Waals surface area contributed by atoms with Gasteiger partial charge in [0.15, 0.2) is 5.78 Å². The number of ketones is 1. The van der Waals surface area contributed by atoms with Crippen LogP contribution in [0.5, 0.6) is 5.75 Å². The molecule has 108 valence electrons. The van der Waals surface area contributed by atoms with Gasteiger partial charge in [-0.15, -0.1) is 0 Å². The second-order valence-corrected chi connectivity index (χ2v) is 7.66. The first kappa shape index (κ1) is 15.1. The second kappa shape index (κ2) is 5.75. The number of ether oxygens (including phenoxy) is 1. The Labute approximate surface area is 144 Å². The lowest BCUT2D eigenvalue weighted by molar-refractivity contribution is 0.0873. The van der Waals surface area contributed by atoms with Crippen molar-refractivity contribution in [3.05, 3.63) is 64.7 Å². The maximum Gasteiger partial charge on any atom is 0.188 e. The lowest BCUT2D eigenvalue weighted by Gasteiger charge is -2.35. The highest BCUT2D eigenvalue weighted by Crippen LogP contribution is 2.46. The molecule has 2 aromatic rings. The zero-order valence-electron chi connectivity index (χ0n) is 10.9. The molecule has 2 unspecified atom stereocenters. The third kappa shape index (κ3) is 2.65. The van der Waals surface area contributed by atoms with E-state index in [9.17, 15) is 4.79 Å². The van der Waals surface area contributed by atoms with E-state index in [4.69, 9.17) is 16.3 Å². The van der Waals surface area contributed by atoms with Gasteiger partial charge in [-0.2, -0.15) is 0 Å². The number of benzene rings is 2. The fourth-order valence-corrected chi connectivity index (χ4v) is 3.70. The van der Waals surface area contributed by atoms with Crippen LogP contribution in [0.4, 0.5) is 0 Å². The summed E-state index contributed by atoms with van der Waals surface area (Å²) >= 11 is 13.1. The summed E-state index contributed by atoms with van der Waals surface area (Å²) in [5.41, 5.74) is 1.56. The lowest BCUT2D eigenvalue weighted by atomic mass is 9.89. The molecule has 2 atom stereocenters. The van der Waals surface area contributed by atoms with E-state index in [0.717, 1.165) is 5.56 Å². The molecule has 0 amide bonds. The van der Waals surface area contributed by atoms with Gasteiger partial charge in [-0.3, -0.25) is 4.79 Å². The van der Waals surface area contributed by atoms with Crippen LogP contribution in [0, 0.1) is 0 Å². The smallest absolute Gasteiger partial charge is 0.188 e. The zero-order valence-corrected chi connectivity index (χ0v) is 14.8. The summed E-state index contributed by atoms with van der Waals surface area (Å²) in [7, 11) is 0. The minimum atomic E-state index is -0.838. The highest BCUT2D eigenvalue weighted by Gasteiger charge is 2.47. The van der Waals surface area contributed by atoms with Gasteiger partial charge in [0.05, 0.1) is 10.4 Å². The maximum absolute atomic E-state index is 12.8. The normalized spacial score (nSPS) is 22.3. The molecule has 0 fully saturated rings.